The molecule has 0 fully saturated rings. The second-order valence-electron chi connectivity index (χ2n) is 5.22. The number of hydrogen-bond donors (Lipinski definition) is 1. The summed E-state index contributed by atoms with van der Waals surface area (Å²) in [6, 6.07) is 10.5. The number of fused-ring (bicyclic) bond motifs is 1. The van der Waals surface area contributed by atoms with Crippen LogP contribution >= 0.6 is 11.8 Å². The predicted molar refractivity (Wildman–Crippen MR) is 94.4 cm³/mol. The average molecular weight is 360 g/mol. The van der Waals surface area contributed by atoms with Crippen molar-refractivity contribution in [2.45, 2.75) is 5.75 Å². The zero-order chi connectivity index (χ0) is 18.0. The van der Waals surface area contributed by atoms with E-state index < -0.39 is 22.3 Å². The van der Waals surface area contributed by atoms with Gasteiger partial charge < -0.3 is 9.73 Å². The third kappa shape index (κ3) is 3.34. The summed E-state index contributed by atoms with van der Waals surface area (Å²) in [4.78, 5) is 22.5. The molecule has 0 unspecified atom stereocenters. The van der Waals surface area contributed by atoms with Crippen LogP contribution in [-0.4, -0.2) is 17.1 Å². The van der Waals surface area contributed by atoms with Crippen LogP contribution in [0.4, 0.5) is 15.8 Å². The summed E-state index contributed by atoms with van der Waals surface area (Å²) in [5.74, 6) is -0.790. The van der Waals surface area contributed by atoms with Gasteiger partial charge in [-0.05, 0) is 24.5 Å². The molecule has 0 saturated carbocycles. The van der Waals surface area contributed by atoms with Gasteiger partial charge in [0.1, 0.15) is 5.58 Å². The first-order chi connectivity index (χ1) is 12.0. The van der Waals surface area contributed by atoms with Crippen molar-refractivity contribution in [2.24, 2.45) is 0 Å². The molecular formula is C17H13FN2O4S. The van der Waals surface area contributed by atoms with Crippen molar-refractivity contribution < 1.29 is 18.5 Å². The van der Waals surface area contributed by atoms with Crippen molar-refractivity contribution in [1.29, 1.82) is 0 Å². The standard InChI is InChI=1S/C17H13FN2O4S/c1-25-9-12-11-4-2-3-5-15(11)24-16(12)17(21)19-10-6-7-13(18)14(8-10)20(22)23/h2-8H,9H2,1H3,(H,19,21). The number of nitro benzene ring substituents is 1. The van der Waals surface area contributed by atoms with Crippen LogP contribution in [0.3, 0.4) is 0 Å². The van der Waals surface area contributed by atoms with E-state index in [2.05, 4.69) is 5.32 Å². The van der Waals surface area contributed by atoms with Crippen molar-refractivity contribution in [3.8, 4) is 0 Å². The van der Waals surface area contributed by atoms with Crippen LogP contribution in [0, 0.1) is 15.9 Å². The molecule has 0 bridgehead atoms. The predicted octanol–water partition coefficient (Wildman–Crippen LogP) is 4.60. The number of furan rings is 1. The zero-order valence-electron chi connectivity index (χ0n) is 13.1. The second kappa shape index (κ2) is 6.94. The molecule has 0 saturated heterocycles. The summed E-state index contributed by atoms with van der Waals surface area (Å²) < 4.78 is 19.1. The highest BCUT2D eigenvalue weighted by Crippen LogP contribution is 2.30. The molecule has 1 aromatic heterocycles. The Hall–Kier alpha value is -2.87. The molecule has 1 heterocycles. The van der Waals surface area contributed by atoms with Crippen LogP contribution in [0.15, 0.2) is 46.9 Å². The van der Waals surface area contributed by atoms with E-state index in [9.17, 15) is 19.3 Å². The molecular weight excluding hydrogens is 347 g/mol. The first kappa shape index (κ1) is 17.0. The van der Waals surface area contributed by atoms with E-state index in [1.807, 2.05) is 18.4 Å². The van der Waals surface area contributed by atoms with Crippen LogP contribution in [0.1, 0.15) is 16.1 Å². The molecule has 3 rings (SSSR count). The highest BCUT2D eigenvalue weighted by atomic mass is 32.2. The van der Waals surface area contributed by atoms with E-state index in [1.54, 1.807) is 23.9 Å². The van der Waals surface area contributed by atoms with Crippen LogP contribution in [0.25, 0.3) is 11.0 Å². The molecule has 2 aromatic carbocycles. The molecule has 8 heteroatoms. The smallest absolute Gasteiger partial charge is 0.306 e. The Labute approximate surface area is 146 Å². The Morgan fingerprint density at radius 3 is 2.80 bits per heavy atom. The van der Waals surface area contributed by atoms with Crippen molar-refractivity contribution in [1.82, 2.24) is 0 Å². The largest absolute Gasteiger partial charge is 0.451 e. The number of rotatable bonds is 5. The minimum Gasteiger partial charge on any atom is -0.451 e. The van der Waals surface area contributed by atoms with Gasteiger partial charge in [-0.2, -0.15) is 16.2 Å². The summed E-state index contributed by atoms with van der Waals surface area (Å²) in [5.41, 5.74) is 0.749. The maximum Gasteiger partial charge on any atom is 0.306 e. The van der Waals surface area contributed by atoms with Crippen molar-refractivity contribution in [2.75, 3.05) is 11.6 Å². The number of thioether (sulfide) groups is 1. The lowest BCUT2D eigenvalue weighted by Crippen LogP contribution is -2.13. The summed E-state index contributed by atoms with van der Waals surface area (Å²) >= 11 is 1.54. The quantitative estimate of drug-likeness (QED) is 0.531. The minimum atomic E-state index is -0.963. The van der Waals surface area contributed by atoms with E-state index in [0.29, 0.717) is 11.3 Å². The molecule has 128 valence electrons. The number of halogens is 1. The number of amides is 1. The molecule has 0 spiro atoms. The maximum absolute atomic E-state index is 13.4. The summed E-state index contributed by atoms with van der Waals surface area (Å²) in [6.07, 6.45) is 1.91. The molecule has 3 aromatic rings. The number of carbonyl (C=O) groups is 1. The maximum atomic E-state index is 13.4. The van der Waals surface area contributed by atoms with Gasteiger partial charge >= 0.3 is 5.69 Å². The van der Waals surface area contributed by atoms with Crippen LogP contribution in [0.5, 0.6) is 0 Å². The molecule has 1 N–H and O–H groups in total. The zero-order valence-corrected chi connectivity index (χ0v) is 13.9. The van der Waals surface area contributed by atoms with Gasteiger partial charge in [-0.3, -0.25) is 14.9 Å². The number of para-hydroxylation sites is 1. The Bertz CT molecular complexity index is 970. The van der Waals surface area contributed by atoms with Gasteiger partial charge in [0, 0.05) is 28.5 Å². The third-order valence-corrected chi connectivity index (χ3v) is 4.17. The first-order valence-electron chi connectivity index (χ1n) is 7.26. The van der Waals surface area contributed by atoms with Gasteiger partial charge in [0.05, 0.1) is 4.92 Å². The number of nitrogens with zero attached hydrogens (tertiary/aromatic N) is 1. The van der Waals surface area contributed by atoms with E-state index in [0.717, 1.165) is 23.1 Å². The van der Waals surface area contributed by atoms with Gasteiger partial charge in [-0.1, -0.05) is 18.2 Å². The van der Waals surface area contributed by atoms with Gasteiger partial charge in [0.2, 0.25) is 5.82 Å². The van der Waals surface area contributed by atoms with Crippen LogP contribution < -0.4 is 5.32 Å². The molecule has 0 radical (unpaired) electrons. The van der Waals surface area contributed by atoms with Crippen LogP contribution in [0.2, 0.25) is 0 Å². The summed E-state index contributed by atoms with van der Waals surface area (Å²) in [6.45, 7) is 0. The number of nitrogens with one attached hydrogen (secondary N) is 1. The lowest BCUT2D eigenvalue weighted by Gasteiger charge is -2.05. The summed E-state index contributed by atoms with van der Waals surface area (Å²) in [7, 11) is 0. The van der Waals surface area contributed by atoms with Gasteiger partial charge in [0.15, 0.2) is 5.76 Å². The highest BCUT2D eigenvalue weighted by molar-refractivity contribution is 7.97. The SMILES string of the molecule is CSCc1c(C(=O)Nc2ccc(F)c([N+](=O)[O-])c2)oc2ccccc12. The Balaban J connectivity index is 1.96. The van der Waals surface area contributed by atoms with E-state index in [-0.39, 0.29) is 11.4 Å². The lowest BCUT2D eigenvalue weighted by molar-refractivity contribution is -0.387. The molecule has 6 nitrogen and oxygen atoms in total. The molecule has 0 aliphatic carbocycles. The minimum absolute atomic E-state index is 0.119. The monoisotopic (exact) mass is 360 g/mol. The fraction of sp³-hybridized carbons (Fsp3) is 0.118. The van der Waals surface area contributed by atoms with Crippen molar-refractivity contribution in [3.63, 3.8) is 0 Å². The normalized spacial score (nSPS) is 10.8. The number of benzene rings is 2. The fourth-order valence-corrected chi connectivity index (χ4v) is 3.06. The Morgan fingerprint density at radius 1 is 1.32 bits per heavy atom. The lowest BCUT2D eigenvalue weighted by atomic mass is 10.1. The molecule has 0 atom stereocenters. The average Bonchev–Trinajstić information content (AvgIpc) is 2.96. The van der Waals surface area contributed by atoms with Crippen molar-refractivity contribution >= 4 is 40.0 Å². The second-order valence-corrected chi connectivity index (χ2v) is 6.08. The van der Waals surface area contributed by atoms with Crippen LogP contribution in [-0.2, 0) is 5.75 Å². The number of anilines is 1. The third-order valence-electron chi connectivity index (χ3n) is 3.59. The van der Waals surface area contributed by atoms with E-state index in [4.69, 9.17) is 4.42 Å². The number of carbonyl (C=O) groups excluding carboxylic acids is 1. The van der Waals surface area contributed by atoms with Gasteiger partial charge in [-0.15, -0.1) is 0 Å². The number of hydrogen-bond acceptors (Lipinski definition) is 5. The van der Waals surface area contributed by atoms with E-state index in [1.165, 1.54) is 6.07 Å². The van der Waals surface area contributed by atoms with Crippen molar-refractivity contribution in [3.05, 3.63) is 69.7 Å². The molecule has 25 heavy (non-hydrogen) atoms. The van der Waals surface area contributed by atoms with E-state index >= 15 is 0 Å². The highest BCUT2D eigenvalue weighted by Gasteiger charge is 2.21. The number of nitro groups is 1. The van der Waals surface area contributed by atoms with Gasteiger partial charge in [-0.25, -0.2) is 0 Å². The first-order valence-corrected chi connectivity index (χ1v) is 8.65. The Morgan fingerprint density at radius 2 is 2.08 bits per heavy atom. The molecule has 0 aliphatic rings. The summed E-state index contributed by atoms with van der Waals surface area (Å²) in [5, 5.41) is 14.2. The fourth-order valence-electron chi connectivity index (χ4n) is 2.49. The topological polar surface area (TPSA) is 85.4 Å². The molecule has 1 amide bonds. The molecule has 0 aliphatic heterocycles. The van der Waals surface area contributed by atoms with Gasteiger partial charge in [0.25, 0.3) is 5.91 Å². The Kier molecular flexibility index (Phi) is 4.71.